The third-order valence-electron chi connectivity index (χ3n) is 9.06. The van der Waals surface area contributed by atoms with Gasteiger partial charge < -0.3 is 4.90 Å². The largest absolute Gasteiger partial charge is 0.309 e. The summed E-state index contributed by atoms with van der Waals surface area (Å²) in [6.45, 7) is 0. The van der Waals surface area contributed by atoms with Crippen LogP contribution in [0.2, 0.25) is 0 Å². The van der Waals surface area contributed by atoms with Crippen molar-refractivity contribution in [2.45, 2.75) is 0 Å². The summed E-state index contributed by atoms with van der Waals surface area (Å²) in [5.74, 6) is 0. The molecule has 216 valence electrons. The van der Waals surface area contributed by atoms with Crippen molar-refractivity contribution < 1.29 is 0 Å². The van der Waals surface area contributed by atoms with Crippen molar-refractivity contribution in [2.75, 3.05) is 4.90 Å². The fraction of sp³-hybridized carbons (Fsp3) is 0. The van der Waals surface area contributed by atoms with Crippen molar-refractivity contribution in [3.8, 4) is 22.3 Å². The van der Waals surface area contributed by atoms with Crippen LogP contribution >= 0.6 is 11.3 Å². The van der Waals surface area contributed by atoms with Gasteiger partial charge >= 0.3 is 0 Å². The van der Waals surface area contributed by atoms with Gasteiger partial charge in [-0.3, -0.25) is 0 Å². The zero-order chi connectivity index (χ0) is 30.5. The fourth-order valence-corrected chi connectivity index (χ4v) is 8.09. The van der Waals surface area contributed by atoms with E-state index in [4.69, 9.17) is 0 Å². The lowest BCUT2D eigenvalue weighted by Gasteiger charge is -2.29. The number of anilines is 3. The summed E-state index contributed by atoms with van der Waals surface area (Å²) in [6, 6.07) is 63.9. The van der Waals surface area contributed by atoms with E-state index in [0.717, 1.165) is 11.4 Å². The van der Waals surface area contributed by atoms with E-state index in [0.29, 0.717) is 0 Å². The first kappa shape index (κ1) is 26.7. The monoisotopic (exact) mass is 603 g/mol. The quantitative estimate of drug-likeness (QED) is 0.177. The number of benzene rings is 8. The molecule has 1 heterocycles. The highest BCUT2D eigenvalue weighted by molar-refractivity contribution is 7.26. The van der Waals surface area contributed by atoms with Crippen molar-refractivity contribution in [3.05, 3.63) is 176 Å². The summed E-state index contributed by atoms with van der Waals surface area (Å²) in [4.78, 5) is 2.45. The van der Waals surface area contributed by atoms with Crippen LogP contribution in [-0.2, 0) is 0 Å². The number of para-hydroxylation sites is 1. The zero-order valence-electron chi connectivity index (χ0n) is 25.1. The smallest absolute Gasteiger partial charge is 0.0555 e. The molecule has 0 amide bonds. The van der Waals surface area contributed by atoms with Gasteiger partial charge in [0.1, 0.15) is 0 Å². The number of hydrogen-bond acceptors (Lipinski definition) is 2. The lowest BCUT2D eigenvalue weighted by atomic mass is 9.93. The maximum Gasteiger partial charge on any atom is 0.0555 e. The Morgan fingerprint density at radius 2 is 0.978 bits per heavy atom. The van der Waals surface area contributed by atoms with Crippen LogP contribution in [0.4, 0.5) is 17.1 Å². The Balaban J connectivity index is 1.27. The van der Waals surface area contributed by atoms with Gasteiger partial charge in [0.15, 0.2) is 0 Å². The van der Waals surface area contributed by atoms with Gasteiger partial charge in [-0.1, -0.05) is 133 Å². The molecule has 8 aromatic carbocycles. The van der Waals surface area contributed by atoms with Crippen LogP contribution in [0.1, 0.15) is 0 Å². The predicted molar refractivity (Wildman–Crippen MR) is 200 cm³/mol. The molecule has 2 heteroatoms. The molecular weight excluding hydrogens is 575 g/mol. The van der Waals surface area contributed by atoms with Gasteiger partial charge in [0.25, 0.3) is 0 Å². The summed E-state index contributed by atoms with van der Waals surface area (Å²) in [6.07, 6.45) is 0. The molecule has 46 heavy (non-hydrogen) atoms. The Morgan fingerprint density at radius 1 is 0.370 bits per heavy atom. The van der Waals surface area contributed by atoms with E-state index >= 15 is 0 Å². The first-order valence-electron chi connectivity index (χ1n) is 15.7. The minimum atomic E-state index is 1.13. The third-order valence-corrected chi connectivity index (χ3v) is 10.2. The topological polar surface area (TPSA) is 3.24 Å². The summed E-state index contributed by atoms with van der Waals surface area (Å²) in [5.41, 5.74) is 8.32. The highest BCUT2D eigenvalue weighted by Gasteiger charge is 2.21. The fourth-order valence-electron chi connectivity index (χ4n) is 6.96. The molecule has 0 radical (unpaired) electrons. The molecular formula is C44H29NS. The predicted octanol–water partition coefficient (Wildman–Crippen LogP) is 13.2. The minimum absolute atomic E-state index is 1.13. The Morgan fingerprint density at radius 3 is 1.83 bits per heavy atom. The van der Waals surface area contributed by atoms with Crippen LogP contribution in [0, 0.1) is 0 Å². The van der Waals surface area contributed by atoms with Crippen LogP contribution in [0.3, 0.4) is 0 Å². The van der Waals surface area contributed by atoms with Crippen molar-refractivity contribution in [1.82, 2.24) is 0 Å². The van der Waals surface area contributed by atoms with Crippen LogP contribution in [-0.4, -0.2) is 0 Å². The van der Waals surface area contributed by atoms with E-state index in [1.165, 1.54) is 69.7 Å². The molecule has 0 atom stereocenters. The number of fused-ring (bicyclic) bond motifs is 6. The molecule has 1 aromatic heterocycles. The summed E-state index contributed by atoms with van der Waals surface area (Å²) in [5, 5.41) is 7.69. The van der Waals surface area contributed by atoms with E-state index in [9.17, 15) is 0 Å². The Hall–Kier alpha value is -5.70. The van der Waals surface area contributed by atoms with Gasteiger partial charge in [0, 0.05) is 31.4 Å². The molecule has 0 fully saturated rings. The molecule has 0 aliphatic rings. The number of rotatable bonds is 5. The maximum atomic E-state index is 2.45. The highest BCUT2D eigenvalue weighted by Crippen LogP contribution is 2.47. The first-order chi connectivity index (χ1) is 22.8. The van der Waals surface area contributed by atoms with E-state index in [-0.39, 0.29) is 0 Å². The van der Waals surface area contributed by atoms with E-state index < -0.39 is 0 Å². The lowest BCUT2D eigenvalue weighted by molar-refractivity contribution is 1.30. The molecule has 0 N–H and O–H groups in total. The van der Waals surface area contributed by atoms with E-state index in [2.05, 4.69) is 181 Å². The normalized spacial score (nSPS) is 11.5. The van der Waals surface area contributed by atoms with Crippen LogP contribution in [0.25, 0.3) is 64.0 Å². The SMILES string of the molecule is c1ccc(-c2ccccc2N(c2ccc(-c3cc4ccccc4c4ccccc34)cc2)c2cccc3sc4ccccc4c23)cc1. The van der Waals surface area contributed by atoms with Gasteiger partial charge in [-0.2, -0.15) is 0 Å². The lowest BCUT2D eigenvalue weighted by Crippen LogP contribution is -2.11. The van der Waals surface area contributed by atoms with Crippen LogP contribution in [0.5, 0.6) is 0 Å². The molecule has 0 unspecified atom stereocenters. The van der Waals surface area contributed by atoms with Crippen molar-refractivity contribution >= 4 is 70.1 Å². The third kappa shape index (κ3) is 4.38. The average molecular weight is 604 g/mol. The van der Waals surface area contributed by atoms with Gasteiger partial charge in [-0.25, -0.2) is 0 Å². The summed E-state index contributed by atoms with van der Waals surface area (Å²) < 4.78 is 2.60. The number of thiophene rings is 1. The molecule has 0 bridgehead atoms. The molecule has 9 aromatic rings. The Kier molecular flexibility index (Phi) is 6.40. The van der Waals surface area contributed by atoms with Crippen molar-refractivity contribution in [2.24, 2.45) is 0 Å². The zero-order valence-corrected chi connectivity index (χ0v) is 25.9. The van der Waals surface area contributed by atoms with Crippen LogP contribution < -0.4 is 4.90 Å². The van der Waals surface area contributed by atoms with Gasteiger partial charge in [-0.15, -0.1) is 11.3 Å². The maximum absolute atomic E-state index is 2.45. The summed E-state index contributed by atoms with van der Waals surface area (Å²) >= 11 is 1.86. The molecule has 0 saturated heterocycles. The molecule has 0 aliphatic heterocycles. The van der Waals surface area contributed by atoms with Gasteiger partial charge in [0.05, 0.1) is 11.4 Å². The number of nitrogens with zero attached hydrogens (tertiary/aromatic N) is 1. The highest BCUT2D eigenvalue weighted by atomic mass is 32.1. The molecule has 0 saturated carbocycles. The summed E-state index contributed by atoms with van der Waals surface area (Å²) in [7, 11) is 0. The first-order valence-corrected chi connectivity index (χ1v) is 16.5. The Labute approximate surface area is 272 Å². The van der Waals surface area contributed by atoms with Gasteiger partial charge in [0.2, 0.25) is 0 Å². The Bertz CT molecular complexity index is 2530. The van der Waals surface area contributed by atoms with E-state index in [1.54, 1.807) is 0 Å². The minimum Gasteiger partial charge on any atom is -0.309 e. The second-order valence-electron chi connectivity index (χ2n) is 11.7. The average Bonchev–Trinajstić information content (AvgIpc) is 3.52. The second kappa shape index (κ2) is 11.0. The molecule has 0 aliphatic carbocycles. The number of hydrogen-bond donors (Lipinski definition) is 0. The van der Waals surface area contributed by atoms with E-state index in [1.807, 2.05) is 11.3 Å². The van der Waals surface area contributed by atoms with Crippen molar-refractivity contribution in [3.63, 3.8) is 0 Å². The second-order valence-corrected chi connectivity index (χ2v) is 12.8. The van der Waals surface area contributed by atoms with Crippen LogP contribution in [0.15, 0.2) is 176 Å². The van der Waals surface area contributed by atoms with Crippen molar-refractivity contribution in [1.29, 1.82) is 0 Å². The molecule has 9 rings (SSSR count). The molecule has 0 spiro atoms. The van der Waals surface area contributed by atoms with Gasteiger partial charge in [-0.05, 0) is 80.7 Å². The molecule has 1 nitrogen and oxygen atoms in total. The standard InChI is InChI=1S/C44H29NS/c1-2-13-30(14-3-1)35-17-8-10-21-40(35)45(41-22-12-24-43-44(41)38-20-9-11-23-42(38)46-43)33-27-25-31(26-28-33)39-29-32-15-4-5-16-34(32)36-18-6-7-19-37(36)39/h1-29H.